The highest BCUT2D eigenvalue weighted by Crippen LogP contribution is 2.21. The molecule has 0 spiro atoms. The van der Waals surface area contributed by atoms with Crippen molar-refractivity contribution in [3.8, 4) is 0 Å². The Morgan fingerprint density at radius 1 is 1.42 bits per heavy atom. The van der Waals surface area contributed by atoms with E-state index < -0.39 is 29.8 Å². The Labute approximate surface area is 139 Å². The van der Waals surface area contributed by atoms with Crippen LogP contribution in [0.5, 0.6) is 0 Å². The van der Waals surface area contributed by atoms with Crippen LogP contribution in [0.25, 0.3) is 0 Å². The molecule has 0 aliphatic carbocycles. The highest BCUT2D eigenvalue weighted by atomic mass is 16.6. The van der Waals surface area contributed by atoms with Gasteiger partial charge in [0.1, 0.15) is 18.0 Å². The quantitative estimate of drug-likeness (QED) is 0.721. The third-order valence-electron chi connectivity index (χ3n) is 3.04. The average Bonchev–Trinajstić information content (AvgIpc) is 3.03. The largest absolute Gasteiger partial charge is 0.480 e. The number of aliphatic hydroxyl groups is 1. The molecule has 2 atom stereocenters. The number of amides is 1. The number of rotatable bonds is 2. The maximum atomic E-state index is 11.7. The Balaban J connectivity index is 0.000000300. The molecule has 1 aromatic heterocycles. The second kappa shape index (κ2) is 7.86. The van der Waals surface area contributed by atoms with Gasteiger partial charge in [-0.05, 0) is 20.8 Å². The van der Waals surface area contributed by atoms with Crippen molar-refractivity contribution in [2.24, 2.45) is 7.05 Å². The van der Waals surface area contributed by atoms with Crippen LogP contribution in [0.4, 0.5) is 4.79 Å². The topological polar surface area (TPSA) is 135 Å². The fraction of sp³-hybridized carbons (Fsp3) is 0.643. The molecular weight excluding hydrogens is 320 g/mol. The summed E-state index contributed by atoms with van der Waals surface area (Å²) < 4.78 is 6.61. The van der Waals surface area contributed by atoms with Crippen LogP contribution in [0.3, 0.4) is 0 Å². The van der Waals surface area contributed by atoms with E-state index in [1.165, 1.54) is 6.33 Å². The number of carboxylic acids is 1. The first-order valence-corrected chi connectivity index (χ1v) is 7.24. The van der Waals surface area contributed by atoms with Gasteiger partial charge in [0.15, 0.2) is 12.1 Å². The van der Waals surface area contributed by atoms with Crippen molar-refractivity contribution >= 4 is 18.3 Å². The first-order valence-electron chi connectivity index (χ1n) is 7.24. The molecule has 24 heavy (non-hydrogen) atoms. The Kier molecular flexibility index (Phi) is 6.41. The summed E-state index contributed by atoms with van der Waals surface area (Å²) in [6.07, 6.45) is 0.691. The summed E-state index contributed by atoms with van der Waals surface area (Å²) in [6, 6.07) is -0.996. The zero-order chi connectivity index (χ0) is 18.5. The number of nitrogens with zero attached hydrogens (tertiary/aromatic N) is 4. The first kappa shape index (κ1) is 19.6. The van der Waals surface area contributed by atoms with E-state index in [4.69, 9.17) is 9.84 Å². The number of aldehydes is 1. The van der Waals surface area contributed by atoms with Gasteiger partial charge in [-0.25, -0.2) is 9.59 Å². The number of hydrogen-bond donors (Lipinski definition) is 2. The van der Waals surface area contributed by atoms with Gasteiger partial charge in [-0.2, -0.15) is 0 Å². The van der Waals surface area contributed by atoms with E-state index in [1.54, 1.807) is 32.4 Å². The molecule has 2 heterocycles. The van der Waals surface area contributed by atoms with E-state index in [9.17, 15) is 19.5 Å². The summed E-state index contributed by atoms with van der Waals surface area (Å²) in [5, 5.41) is 25.2. The van der Waals surface area contributed by atoms with Gasteiger partial charge in [0.05, 0.1) is 12.6 Å². The minimum atomic E-state index is -1.12. The van der Waals surface area contributed by atoms with E-state index in [0.29, 0.717) is 12.1 Å². The number of carbonyl (C=O) groups excluding carboxylic acids is 2. The van der Waals surface area contributed by atoms with Crippen LogP contribution >= 0.6 is 0 Å². The zero-order valence-corrected chi connectivity index (χ0v) is 14.0. The first-order chi connectivity index (χ1) is 11.0. The number of carboxylic acid groups (broad SMARTS) is 1. The molecule has 1 aliphatic rings. The minimum Gasteiger partial charge on any atom is -0.480 e. The number of aryl methyl sites for hydroxylation is 1. The molecule has 10 nitrogen and oxygen atoms in total. The number of hydrogen-bond acceptors (Lipinski definition) is 7. The van der Waals surface area contributed by atoms with E-state index in [-0.39, 0.29) is 13.0 Å². The van der Waals surface area contributed by atoms with Crippen molar-refractivity contribution in [3.05, 3.63) is 12.2 Å². The second-order valence-corrected chi connectivity index (χ2v) is 6.29. The molecular formula is C14H22N4O6. The number of carbonyl (C=O) groups is 3. The van der Waals surface area contributed by atoms with Crippen LogP contribution in [-0.2, 0) is 16.6 Å². The van der Waals surface area contributed by atoms with Gasteiger partial charge in [0.25, 0.3) is 0 Å². The molecule has 0 bridgehead atoms. The molecule has 10 heteroatoms. The van der Waals surface area contributed by atoms with Gasteiger partial charge in [-0.15, -0.1) is 10.2 Å². The average molecular weight is 342 g/mol. The summed E-state index contributed by atoms with van der Waals surface area (Å²) >= 11 is 0. The Bertz CT molecular complexity index is 594. The summed E-state index contributed by atoms with van der Waals surface area (Å²) in [4.78, 5) is 33.5. The highest BCUT2D eigenvalue weighted by Gasteiger charge is 2.40. The molecule has 0 unspecified atom stereocenters. The van der Waals surface area contributed by atoms with Crippen molar-refractivity contribution in [2.75, 3.05) is 6.54 Å². The van der Waals surface area contributed by atoms with Crippen LogP contribution in [0.2, 0.25) is 0 Å². The Hall–Kier alpha value is -2.49. The summed E-state index contributed by atoms with van der Waals surface area (Å²) in [6.45, 7) is 5.11. The molecule has 1 amide bonds. The van der Waals surface area contributed by atoms with Gasteiger partial charge in [0, 0.05) is 13.5 Å². The third-order valence-corrected chi connectivity index (χ3v) is 3.04. The monoisotopic (exact) mass is 342 g/mol. The van der Waals surface area contributed by atoms with Crippen LogP contribution < -0.4 is 0 Å². The van der Waals surface area contributed by atoms with Crippen LogP contribution in [0.1, 0.15) is 37.8 Å². The summed E-state index contributed by atoms with van der Waals surface area (Å²) in [5.41, 5.74) is -0.673. The third kappa shape index (κ3) is 5.61. The fourth-order valence-electron chi connectivity index (χ4n) is 1.97. The predicted molar refractivity (Wildman–Crippen MR) is 81.4 cm³/mol. The van der Waals surface area contributed by atoms with E-state index in [1.807, 2.05) is 0 Å². The zero-order valence-electron chi connectivity index (χ0n) is 14.0. The van der Waals surface area contributed by atoms with Crippen LogP contribution in [0, 0.1) is 0 Å². The van der Waals surface area contributed by atoms with Crippen molar-refractivity contribution < 1.29 is 29.3 Å². The normalized spacial score (nSPS) is 20.1. The molecule has 134 valence electrons. The summed E-state index contributed by atoms with van der Waals surface area (Å²) in [7, 11) is 1.71. The fourth-order valence-corrected chi connectivity index (χ4v) is 1.97. The maximum absolute atomic E-state index is 11.7. The lowest BCUT2D eigenvalue weighted by atomic mass is 10.2. The smallest absolute Gasteiger partial charge is 0.411 e. The van der Waals surface area contributed by atoms with Crippen molar-refractivity contribution in [1.82, 2.24) is 19.7 Å². The number of aliphatic hydroxyl groups excluding tert-OH is 1. The Morgan fingerprint density at radius 2 is 2.04 bits per heavy atom. The van der Waals surface area contributed by atoms with Crippen molar-refractivity contribution in [2.45, 2.75) is 44.9 Å². The molecule has 1 saturated heterocycles. The number of aromatic nitrogens is 3. The standard InChI is InChI=1S/C10H17NO5.C4H5N3O/c1-10(2,3)16-9(15)11-5-6(12)4-7(11)8(13)14;1-7-3-5-6-4(7)2-8/h6-7,12H,4-5H2,1-3H3,(H,13,14);2-3H,1H3/t6-,7-;/m1./s1. The van der Waals surface area contributed by atoms with Gasteiger partial charge >= 0.3 is 12.1 Å². The molecule has 1 aliphatic heterocycles. The van der Waals surface area contributed by atoms with Gasteiger partial charge in [0.2, 0.25) is 0 Å². The molecule has 1 fully saturated rings. The molecule has 0 saturated carbocycles. The SMILES string of the molecule is CC(C)(C)OC(=O)N1C[C@H](O)C[C@@H]1C(=O)O.Cn1cnnc1C=O. The predicted octanol–water partition coefficient (Wildman–Crippen LogP) is 0.0689. The Morgan fingerprint density at radius 3 is 2.42 bits per heavy atom. The molecule has 2 rings (SSSR count). The highest BCUT2D eigenvalue weighted by molar-refractivity contribution is 5.81. The van der Waals surface area contributed by atoms with Crippen molar-refractivity contribution in [1.29, 1.82) is 0 Å². The molecule has 2 N–H and O–H groups in total. The van der Waals surface area contributed by atoms with E-state index >= 15 is 0 Å². The number of β-amino-alcohol motifs (C(OH)–C–C–N with tert-alkyl or cyclic N) is 1. The lowest BCUT2D eigenvalue weighted by Gasteiger charge is -2.26. The minimum absolute atomic E-state index is 0.00583. The van der Waals surface area contributed by atoms with Crippen LogP contribution in [0.15, 0.2) is 6.33 Å². The van der Waals surface area contributed by atoms with Crippen LogP contribution in [-0.4, -0.2) is 72.5 Å². The number of likely N-dealkylation sites (tertiary alicyclic amines) is 1. The number of ether oxygens (including phenoxy) is 1. The summed E-state index contributed by atoms with van der Waals surface area (Å²) in [5.74, 6) is -0.771. The van der Waals surface area contributed by atoms with Crippen molar-refractivity contribution in [3.63, 3.8) is 0 Å². The van der Waals surface area contributed by atoms with Gasteiger partial charge < -0.3 is 19.5 Å². The van der Waals surface area contributed by atoms with Gasteiger partial charge in [-0.1, -0.05) is 0 Å². The van der Waals surface area contributed by atoms with E-state index in [2.05, 4.69) is 10.2 Å². The lowest BCUT2D eigenvalue weighted by molar-refractivity contribution is -0.142. The lowest BCUT2D eigenvalue weighted by Crippen LogP contribution is -2.43. The maximum Gasteiger partial charge on any atom is 0.411 e. The van der Waals surface area contributed by atoms with E-state index in [0.717, 1.165) is 4.90 Å². The second-order valence-electron chi connectivity index (χ2n) is 6.29. The van der Waals surface area contributed by atoms with Gasteiger partial charge in [-0.3, -0.25) is 9.69 Å². The number of aliphatic carboxylic acids is 1. The molecule has 1 aromatic rings. The molecule has 0 aromatic carbocycles. The molecule has 0 radical (unpaired) electrons.